The number of nitrogens with one attached hydrogen (secondary N) is 2. The standard InChI is InChI=1S/C22H36N4O2/c1-18-6-7-20(21(14-18)28-17-19-8-13-27-16-19)15-25-22(23-2)24-9-5-12-26-10-3-4-11-26/h6-7,14,19H,3-5,8-13,15-17H2,1-2H3,(H2,23,24,25). The number of aliphatic imine (C=N–C) groups is 1. The number of nitrogens with zero attached hydrogens (tertiary/aromatic N) is 2. The van der Waals surface area contributed by atoms with E-state index in [1.54, 1.807) is 0 Å². The second-order valence-electron chi connectivity index (χ2n) is 7.91. The van der Waals surface area contributed by atoms with Gasteiger partial charge in [0.05, 0.1) is 13.2 Å². The second-order valence-corrected chi connectivity index (χ2v) is 7.91. The van der Waals surface area contributed by atoms with Gasteiger partial charge < -0.3 is 25.0 Å². The highest BCUT2D eigenvalue weighted by atomic mass is 16.5. The molecule has 0 bridgehead atoms. The topological polar surface area (TPSA) is 58.1 Å². The Bertz CT molecular complexity index is 623. The molecule has 0 spiro atoms. The number of guanidine groups is 1. The monoisotopic (exact) mass is 388 g/mol. The van der Waals surface area contributed by atoms with Crippen molar-refractivity contribution >= 4 is 5.96 Å². The summed E-state index contributed by atoms with van der Waals surface area (Å²) in [6.07, 6.45) is 4.94. The number of likely N-dealkylation sites (tertiary alicyclic amines) is 1. The fourth-order valence-corrected chi connectivity index (χ4v) is 3.78. The lowest BCUT2D eigenvalue weighted by Gasteiger charge is -2.18. The van der Waals surface area contributed by atoms with Crippen molar-refractivity contribution in [3.8, 4) is 5.75 Å². The molecular formula is C22H36N4O2. The molecule has 2 aliphatic heterocycles. The van der Waals surface area contributed by atoms with Crippen molar-refractivity contribution in [2.75, 3.05) is 53.0 Å². The predicted molar refractivity (Wildman–Crippen MR) is 114 cm³/mol. The van der Waals surface area contributed by atoms with E-state index >= 15 is 0 Å². The summed E-state index contributed by atoms with van der Waals surface area (Å²) in [6, 6.07) is 6.40. The Kier molecular flexibility index (Phi) is 8.42. The van der Waals surface area contributed by atoms with Crippen LogP contribution < -0.4 is 15.4 Å². The van der Waals surface area contributed by atoms with Gasteiger partial charge >= 0.3 is 0 Å². The average molecular weight is 389 g/mol. The van der Waals surface area contributed by atoms with Crippen LogP contribution in [0.1, 0.15) is 36.8 Å². The molecule has 28 heavy (non-hydrogen) atoms. The molecule has 2 N–H and O–H groups in total. The molecule has 6 nitrogen and oxygen atoms in total. The van der Waals surface area contributed by atoms with E-state index in [1.165, 1.54) is 38.0 Å². The third kappa shape index (κ3) is 6.67. The molecular weight excluding hydrogens is 352 g/mol. The molecule has 2 heterocycles. The molecule has 1 aromatic carbocycles. The summed E-state index contributed by atoms with van der Waals surface area (Å²) in [6.45, 7) is 9.82. The van der Waals surface area contributed by atoms with Gasteiger partial charge in [0.2, 0.25) is 0 Å². The Morgan fingerprint density at radius 3 is 2.89 bits per heavy atom. The summed E-state index contributed by atoms with van der Waals surface area (Å²) in [5.74, 6) is 2.31. The highest BCUT2D eigenvalue weighted by Gasteiger charge is 2.17. The van der Waals surface area contributed by atoms with Crippen LogP contribution in [-0.2, 0) is 11.3 Å². The third-order valence-corrected chi connectivity index (χ3v) is 5.53. The van der Waals surface area contributed by atoms with Gasteiger partial charge in [0.25, 0.3) is 0 Å². The van der Waals surface area contributed by atoms with Crippen LogP contribution in [0.15, 0.2) is 23.2 Å². The van der Waals surface area contributed by atoms with Crippen LogP contribution in [0.5, 0.6) is 5.75 Å². The minimum atomic E-state index is 0.506. The zero-order valence-electron chi connectivity index (χ0n) is 17.5. The van der Waals surface area contributed by atoms with E-state index in [-0.39, 0.29) is 0 Å². The summed E-state index contributed by atoms with van der Waals surface area (Å²) in [5, 5.41) is 6.85. The zero-order chi connectivity index (χ0) is 19.6. The van der Waals surface area contributed by atoms with Crippen LogP contribution in [0.2, 0.25) is 0 Å². The molecule has 0 amide bonds. The molecule has 0 saturated carbocycles. The Hall–Kier alpha value is -1.79. The third-order valence-electron chi connectivity index (χ3n) is 5.53. The first-order valence-corrected chi connectivity index (χ1v) is 10.7. The lowest BCUT2D eigenvalue weighted by atomic mass is 10.1. The molecule has 3 rings (SSSR count). The highest BCUT2D eigenvalue weighted by Crippen LogP contribution is 2.22. The van der Waals surface area contributed by atoms with Crippen LogP contribution >= 0.6 is 0 Å². The van der Waals surface area contributed by atoms with Crippen molar-refractivity contribution in [1.29, 1.82) is 0 Å². The number of rotatable bonds is 9. The van der Waals surface area contributed by atoms with Gasteiger partial charge in [-0.15, -0.1) is 0 Å². The Morgan fingerprint density at radius 2 is 2.14 bits per heavy atom. The summed E-state index contributed by atoms with van der Waals surface area (Å²) >= 11 is 0. The first-order chi connectivity index (χ1) is 13.7. The van der Waals surface area contributed by atoms with Crippen LogP contribution in [-0.4, -0.2) is 63.9 Å². The van der Waals surface area contributed by atoms with Gasteiger partial charge in [-0.25, -0.2) is 0 Å². The van der Waals surface area contributed by atoms with Crippen molar-refractivity contribution in [3.63, 3.8) is 0 Å². The molecule has 2 saturated heterocycles. The van der Waals surface area contributed by atoms with Gasteiger partial charge in [-0.05, 0) is 63.9 Å². The van der Waals surface area contributed by atoms with E-state index in [0.717, 1.165) is 56.5 Å². The van der Waals surface area contributed by atoms with E-state index in [2.05, 4.69) is 45.6 Å². The lowest BCUT2D eigenvalue weighted by Crippen LogP contribution is -2.38. The van der Waals surface area contributed by atoms with Gasteiger partial charge in [-0.1, -0.05) is 12.1 Å². The fourth-order valence-electron chi connectivity index (χ4n) is 3.78. The molecule has 0 aliphatic carbocycles. The summed E-state index contributed by atoms with van der Waals surface area (Å²) < 4.78 is 11.6. The zero-order valence-corrected chi connectivity index (χ0v) is 17.5. The lowest BCUT2D eigenvalue weighted by molar-refractivity contribution is 0.166. The molecule has 1 aromatic rings. The molecule has 2 fully saturated rings. The highest BCUT2D eigenvalue weighted by molar-refractivity contribution is 5.79. The molecule has 0 aromatic heterocycles. The first-order valence-electron chi connectivity index (χ1n) is 10.7. The maximum Gasteiger partial charge on any atom is 0.191 e. The van der Waals surface area contributed by atoms with Crippen LogP contribution in [0.4, 0.5) is 0 Å². The minimum Gasteiger partial charge on any atom is -0.493 e. The molecule has 0 radical (unpaired) electrons. The quantitative estimate of drug-likeness (QED) is 0.387. The number of hydrogen-bond acceptors (Lipinski definition) is 4. The second kappa shape index (κ2) is 11.3. The summed E-state index contributed by atoms with van der Waals surface area (Å²) in [5.41, 5.74) is 2.37. The fraction of sp³-hybridized carbons (Fsp3) is 0.682. The molecule has 6 heteroatoms. The molecule has 2 aliphatic rings. The van der Waals surface area contributed by atoms with Crippen LogP contribution in [0.3, 0.4) is 0 Å². The van der Waals surface area contributed by atoms with E-state index < -0.39 is 0 Å². The van der Waals surface area contributed by atoms with E-state index in [1.807, 2.05) is 7.05 Å². The average Bonchev–Trinajstić information content (AvgIpc) is 3.41. The molecule has 1 unspecified atom stereocenters. The summed E-state index contributed by atoms with van der Waals surface area (Å²) in [7, 11) is 1.82. The van der Waals surface area contributed by atoms with Crippen molar-refractivity contribution in [2.45, 2.75) is 39.2 Å². The maximum atomic E-state index is 6.14. The van der Waals surface area contributed by atoms with E-state index in [4.69, 9.17) is 9.47 Å². The van der Waals surface area contributed by atoms with Gasteiger partial charge in [0.1, 0.15) is 5.75 Å². The molecule has 1 atom stereocenters. The van der Waals surface area contributed by atoms with E-state index in [9.17, 15) is 0 Å². The van der Waals surface area contributed by atoms with Crippen LogP contribution in [0, 0.1) is 12.8 Å². The first kappa shape index (κ1) is 20.9. The molecule has 156 valence electrons. The number of benzene rings is 1. The number of ether oxygens (including phenoxy) is 2. The van der Waals surface area contributed by atoms with Crippen molar-refractivity contribution in [3.05, 3.63) is 29.3 Å². The largest absolute Gasteiger partial charge is 0.493 e. The summed E-state index contributed by atoms with van der Waals surface area (Å²) in [4.78, 5) is 6.90. The van der Waals surface area contributed by atoms with Gasteiger partial charge in [0.15, 0.2) is 5.96 Å². The Labute approximate surface area is 169 Å². The van der Waals surface area contributed by atoms with E-state index in [0.29, 0.717) is 12.5 Å². The van der Waals surface area contributed by atoms with Crippen molar-refractivity contribution < 1.29 is 9.47 Å². The van der Waals surface area contributed by atoms with Gasteiger partial charge in [-0.2, -0.15) is 0 Å². The van der Waals surface area contributed by atoms with Gasteiger partial charge in [0, 0.05) is 38.2 Å². The van der Waals surface area contributed by atoms with Gasteiger partial charge in [-0.3, -0.25) is 4.99 Å². The smallest absolute Gasteiger partial charge is 0.191 e. The Morgan fingerprint density at radius 1 is 1.29 bits per heavy atom. The number of hydrogen-bond donors (Lipinski definition) is 2. The SMILES string of the molecule is CN=C(NCCCN1CCCC1)NCc1ccc(C)cc1OCC1CCOC1. The number of aryl methyl sites for hydroxylation is 1. The van der Waals surface area contributed by atoms with Crippen LogP contribution in [0.25, 0.3) is 0 Å². The normalized spacial score (nSPS) is 20.5. The van der Waals surface area contributed by atoms with Crippen molar-refractivity contribution in [2.24, 2.45) is 10.9 Å². The minimum absolute atomic E-state index is 0.506. The maximum absolute atomic E-state index is 6.14. The van der Waals surface area contributed by atoms with Crippen molar-refractivity contribution in [1.82, 2.24) is 15.5 Å². The predicted octanol–water partition coefficient (Wildman–Crippen LogP) is 2.56. The Balaban J connectivity index is 1.43.